The first-order valence-corrected chi connectivity index (χ1v) is 7.29. The smallest absolute Gasteiger partial charge is 0.289 e. The molecule has 3 rings (SSSR count). The summed E-state index contributed by atoms with van der Waals surface area (Å²) in [5, 5.41) is 3.02. The van der Waals surface area contributed by atoms with Crippen molar-refractivity contribution in [2.24, 2.45) is 0 Å². The van der Waals surface area contributed by atoms with Crippen molar-refractivity contribution >= 4 is 5.91 Å². The predicted molar refractivity (Wildman–Crippen MR) is 74.2 cm³/mol. The van der Waals surface area contributed by atoms with Gasteiger partial charge in [-0.1, -0.05) is 0 Å². The Balaban J connectivity index is 1.65. The lowest BCUT2D eigenvalue weighted by Gasteiger charge is -2.34. The van der Waals surface area contributed by atoms with Gasteiger partial charge >= 0.3 is 0 Å². The number of nitrogens with zero attached hydrogens (tertiary/aromatic N) is 2. The number of amides is 1. The quantitative estimate of drug-likeness (QED) is 0.853. The topological polar surface area (TPSA) is 76.8 Å². The highest BCUT2D eigenvalue weighted by Crippen LogP contribution is 2.16. The number of carbonyl (C=O) groups is 1. The Labute approximate surface area is 123 Å². The highest BCUT2D eigenvalue weighted by Gasteiger charge is 2.35. The average molecular weight is 295 g/mol. The highest BCUT2D eigenvalue weighted by atomic mass is 16.5. The van der Waals surface area contributed by atoms with Crippen molar-refractivity contribution < 1.29 is 18.7 Å². The number of ether oxygens (including phenoxy) is 2. The summed E-state index contributed by atoms with van der Waals surface area (Å²) in [6, 6.07) is 0.169. The summed E-state index contributed by atoms with van der Waals surface area (Å²) in [6.45, 7) is 7.89. The Morgan fingerprint density at radius 1 is 1.24 bits per heavy atom. The van der Waals surface area contributed by atoms with Crippen LogP contribution < -0.4 is 5.32 Å². The summed E-state index contributed by atoms with van der Waals surface area (Å²) in [7, 11) is 0. The fourth-order valence-corrected chi connectivity index (χ4v) is 2.93. The molecule has 0 bridgehead atoms. The lowest BCUT2D eigenvalue weighted by molar-refractivity contribution is 0.0107. The Hall–Kier alpha value is -1.44. The second kappa shape index (κ2) is 6.13. The van der Waals surface area contributed by atoms with Crippen LogP contribution in [0.4, 0.5) is 0 Å². The van der Waals surface area contributed by atoms with Crippen LogP contribution in [-0.2, 0) is 9.47 Å². The van der Waals surface area contributed by atoms with Crippen LogP contribution in [0.15, 0.2) is 4.42 Å². The molecule has 1 aromatic heterocycles. The van der Waals surface area contributed by atoms with Crippen molar-refractivity contribution in [2.75, 3.05) is 39.5 Å². The zero-order valence-electron chi connectivity index (χ0n) is 12.4. The molecule has 7 nitrogen and oxygen atoms in total. The molecule has 2 fully saturated rings. The van der Waals surface area contributed by atoms with Crippen molar-refractivity contribution in [3.05, 3.63) is 17.3 Å². The summed E-state index contributed by atoms with van der Waals surface area (Å²) < 4.78 is 16.3. The highest BCUT2D eigenvalue weighted by molar-refractivity contribution is 5.92. The summed E-state index contributed by atoms with van der Waals surface area (Å²) in [5.41, 5.74) is 0.617. The molecule has 7 heteroatoms. The number of hydrogen-bond donors (Lipinski definition) is 1. The molecule has 3 heterocycles. The van der Waals surface area contributed by atoms with Crippen LogP contribution in [0, 0.1) is 13.8 Å². The first-order chi connectivity index (χ1) is 10.1. The second-order valence-corrected chi connectivity index (χ2v) is 5.48. The van der Waals surface area contributed by atoms with E-state index in [9.17, 15) is 4.79 Å². The number of aromatic nitrogens is 1. The molecule has 2 aliphatic rings. The number of hydrogen-bond acceptors (Lipinski definition) is 6. The van der Waals surface area contributed by atoms with Crippen LogP contribution in [0.25, 0.3) is 0 Å². The molecular weight excluding hydrogens is 274 g/mol. The maximum absolute atomic E-state index is 12.3. The second-order valence-electron chi connectivity index (χ2n) is 5.48. The van der Waals surface area contributed by atoms with E-state index in [1.807, 2.05) is 0 Å². The monoisotopic (exact) mass is 295 g/mol. The van der Waals surface area contributed by atoms with E-state index < -0.39 is 0 Å². The molecule has 116 valence electrons. The lowest BCUT2D eigenvalue weighted by atomic mass is 10.1. The Bertz CT molecular complexity index is 510. The van der Waals surface area contributed by atoms with E-state index in [0.29, 0.717) is 30.6 Å². The third-order valence-electron chi connectivity index (χ3n) is 3.99. The number of aryl methyl sites for hydroxylation is 2. The molecule has 0 radical (unpaired) electrons. The molecule has 2 atom stereocenters. The zero-order valence-corrected chi connectivity index (χ0v) is 12.4. The molecule has 1 aromatic rings. The molecular formula is C14H21N3O4. The van der Waals surface area contributed by atoms with Crippen molar-refractivity contribution in [1.29, 1.82) is 0 Å². The summed E-state index contributed by atoms with van der Waals surface area (Å²) >= 11 is 0. The van der Waals surface area contributed by atoms with E-state index in [1.165, 1.54) is 0 Å². The van der Waals surface area contributed by atoms with Crippen LogP contribution >= 0.6 is 0 Å². The van der Waals surface area contributed by atoms with Crippen LogP contribution in [0.5, 0.6) is 0 Å². The van der Waals surface area contributed by atoms with Gasteiger partial charge in [-0.05, 0) is 6.92 Å². The number of oxazole rings is 1. The molecule has 1 N–H and O–H groups in total. The van der Waals surface area contributed by atoms with Gasteiger partial charge in [-0.2, -0.15) is 0 Å². The van der Waals surface area contributed by atoms with Gasteiger partial charge in [0.05, 0.1) is 44.2 Å². The Morgan fingerprint density at radius 2 is 2.00 bits per heavy atom. The van der Waals surface area contributed by atoms with Crippen LogP contribution in [0.1, 0.15) is 22.1 Å². The van der Waals surface area contributed by atoms with E-state index in [2.05, 4.69) is 15.2 Å². The number of carbonyl (C=O) groups excluding carboxylic acids is 1. The Morgan fingerprint density at radius 3 is 2.67 bits per heavy atom. The third kappa shape index (κ3) is 3.09. The van der Waals surface area contributed by atoms with Gasteiger partial charge in [-0.25, -0.2) is 4.98 Å². The number of rotatable bonds is 3. The van der Waals surface area contributed by atoms with Gasteiger partial charge in [-0.3, -0.25) is 9.69 Å². The van der Waals surface area contributed by atoms with E-state index in [-0.39, 0.29) is 18.0 Å². The van der Waals surface area contributed by atoms with Crippen molar-refractivity contribution in [3.63, 3.8) is 0 Å². The Kier molecular flexibility index (Phi) is 4.23. The van der Waals surface area contributed by atoms with E-state index in [4.69, 9.17) is 13.9 Å². The number of nitrogens with one attached hydrogen (secondary N) is 1. The first-order valence-electron chi connectivity index (χ1n) is 7.29. The zero-order chi connectivity index (χ0) is 14.8. The standard InChI is InChI=1S/C14H21N3O4/c1-9-13(21-10(2)15-9)14(18)16-11-7-20-8-12(11)17-3-5-19-6-4-17/h11-12H,3-8H2,1-2H3,(H,16,18)/t11-,12-/m0/s1. The van der Waals surface area contributed by atoms with Gasteiger partial charge in [0, 0.05) is 20.0 Å². The lowest BCUT2D eigenvalue weighted by Crippen LogP contribution is -2.54. The molecule has 1 amide bonds. The molecule has 0 unspecified atom stereocenters. The van der Waals surface area contributed by atoms with E-state index >= 15 is 0 Å². The fraction of sp³-hybridized carbons (Fsp3) is 0.714. The minimum absolute atomic E-state index is 0.0274. The molecule has 0 spiro atoms. The summed E-state index contributed by atoms with van der Waals surface area (Å²) in [6.07, 6.45) is 0. The normalized spacial score (nSPS) is 27.0. The van der Waals surface area contributed by atoms with Gasteiger partial charge in [0.15, 0.2) is 5.89 Å². The van der Waals surface area contributed by atoms with Gasteiger partial charge in [0.1, 0.15) is 0 Å². The predicted octanol–water partition coefficient (Wildman–Crippen LogP) is 0.121. The van der Waals surface area contributed by atoms with Gasteiger partial charge in [0.2, 0.25) is 5.76 Å². The van der Waals surface area contributed by atoms with E-state index in [0.717, 1.165) is 26.3 Å². The molecule has 21 heavy (non-hydrogen) atoms. The minimum Gasteiger partial charge on any atom is -0.436 e. The molecule has 2 aliphatic heterocycles. The molecule has 0 aliphatic carbocycles. The van der Waals surface area contributed by atoms with Gasteiger partial charge < -0.3 is 19.2 Å². The van der Waals surface area contributed by atoms with Gasteiger partial charge in [0.25, 0.3) is 5.91 Å². The maximum Gasteiger partial charge on any atom is 0.289 e. The van der Waals surface area contributed by atoms with Crippen LogP contribution in [0.2, 0.25) is 0 Å². The van der Waals surface area contributed by atoms with Crippen molar-refractivity contribution in [3.8, 4) is 0 Å². The SMILES string of the molecule is Cc1nc(C)c(C(=O)N[C@H]2COC[C@@H]2N2CCOCC2)o1. The van der Waals surface area contributed by atoms with Crippen LogP contribution in [0.3, 0.4) is 0 Å². The van der Waals surface area contributed by atoms with Crippen molar-refractivity contribution in [1.82, 2.24) is 15.2 Å². The average Bonchev–Trinajstić information content (AvgIpc) is 3.06. The number of morpholine rings is 1. The van der Waals surface area contributed by atoms with Crippen LogP contribution in [-0.4, -0.2) is 67.4 Å². The van der Waals surface area contributed by atoms with Crippen molar-refractivity contribution in [2.45, 2.75) is 25.9 Å². The molecule has 2 saturated heterocycles. The minimum atomic E-state index is -0.221. The summed E-state index contributed by atoms with van der Waals surface area (Å²) in [5.74, 6) is 0.576. The largest absolute Gasteiger partial charge is 0.436 e. The van der Waals surface area contributed by atoms with E-state index in [1.54, 1.807) is 13.8 Å². The molecule has 0 saturated carbocycles. The summed E-state index contributed by atoms with van der Waals surface area (Å²) in [4.78, 5) is 18.8. The maximum atomic E-state index is 12.3. The first kappa shape index (κ1) is 14.5. The molecule has 0 aromatic carbocycles. The fourth-order valence-electron chi connectivity index (χ4n) is 2.93. The van der Waals surface area contributed by atoms with Gasteiger partial charge in [-0.15, -0.1) is 0 Å². The third-order valence-corrected chi connectivity index (χ3v) is 3.99.